The van der Waals surface area contributed by atoms with Gasteiger partial charge < -0.3 is 10.2 Å². The Kier molecular flexibility index (Phi) is 4.54. The molecule has 0 unspecified atom stereocenters. The maximum atomic E-state index is 12.6. The maximum absolute atomic E-state index is 12.6. The Labute approximate surface area is 173 Å². The lowest BCUT2D eigenvalue weighted by Crippen LogP contribution is -2.33. The molecular weight excluding hydrogens is 384 g/mol. The number of rotatable bonds is 4. The summed E-state index contributed by atoms with van der Waals surface area (Å²) >= 11 is 1.67. The molecule has 3 aliphatic rings. The van der Waals surface area contributed by atoms with Gasteiger partial charge in [0.05, 0.1) is 10.4 Å². The van der Waals surface area contributed by atoms with Gasteiger partial charge in [0.2, 0.25) is 11.8 Å². The van der Waals surface area contributed by atoms with Crippen LogP contribution in [-0.2, 0) is 22.4 Å². The number of aromatic nitrogens is 2. The Hall–Kier alpha value is -2.80. The summed E-state index contributed by atoms with van der Waals surface area (Å²) < 4.78 is 0. The van der Waals surface area contributed by atoms with Crippen LogP contribution in [0.1, 0.15) is 35.4 Å². The third kappa shape index (κ3) is 3.74. The highest BCUT2D eigenvalue weighted by Gasteiger charge is 2.52. The Balaban J connectivity index is 1.21. The van der Waals surface area contributed by atoms with Crippen molar-refractivity contribution in [3.8, 4) is 0 Å². The van der Waals surface area contributed by atoms with Crippen LogP contribution in [-0.4, -0.2) is 39.8 Å². The van der Waals surface area contributed by atoms with E-state index in [0.717, 1.165) is 54.8 Å². The Morgan fingerprint density at radius 3 is 2.97 bits per heavy atom. The fourth-order valence-corrected chi connectivity index (χ4v) is 4.66. The molecule has 0 aromatic carbocycles. The number of hydrogen-bond acceptors (Lipinski definition) is 5. The third-order valence-corrected chi connectivity index (χ3v) is 6.76. The molecule has 1 fully saturated rings. The van der Waals surface area contributed by atoms with Crippen LogP contribution in [0, 0.1) is 5.41 Å². The van der Waals surface area contributed by atoms with Gasteiger partial charge in [0.15, 0.2) is 0 Å². The van der Waals surface area contributed by atoms with Gasteiger partial charge in [0, 0.05) is 43.4 Å². The lowest BCUT2D eigenvalue weighted by molar-refractivity contribution is -0.125. The molecule has 29 heavy (non-hydrogen) atoms. The molecule has 0 atom stereocenters. The van der Waals surface area contributed by atoms with E-state index in [4.69, 9.17) is 0 Å². The number of nitrogens with zero attached hydrogens (tertiary/aromatic N) is 3. The first-order valence-electron chi connectivity index (χ1n) is 9.95. The molecule has 2 aromatic heterocycles. The summed E-state index contributed by atoms with van der Waals surface area (Å²) in [5.74, 6) is 0.771. The van der Waals surface area contributed by atoms with Crippen LogP contribution in [0.2, 0.25) is 0 Å². The number of pyridine rings is 1. The number of amides is 2. The van der Waals surface area contributed by atoms with E-state index >= 15 is 0 Å². The first-order valence-corrected chi connectivity index (χ1v) is 10.8. The molecule has 1 saturated carbocycles. The summed E-state index contributed by atoms with van der Waals surface area (Å²) in [4.78, 5) is 35.2. The number of carbonyl (C=O) groups is 2. The van der Waals surface area contributed by atoms with E-state index in [1.165, 1.54) is 5.57 Å². The summed E-state index contributed by atoms with van der Waals surface area (Å²) in [7, 11) is 0. The van der Waals surface area contributed by atoms with Gasteiger partial charge in [0.1, 0.15) is 5.82 Å². The van der Waals surface area contributed by atoms with Crippen molar-refractivity contribution in [3.05, 3.63) is 57.7 Å². The number of carbonyl (C=O) groups excluding carboxylic acids is 2. The van der Waals surface area contributed by atoms with E-state index < -0.39 is 0 Å². The number of thiazole rings is 1. The van der Waals surface area contributed by atoms with Crippen molar-refractivity contribution in [2.75, 3.05) is 18.4 Å². The van der Waals surface area contributed by atoms with Gasteiger partial charge in [-0.3, -0.25) is 9.59 Å². The zero-order chi connectivity index (χ0) is 19.8. The van der Waals surface area contributed by atoms with Gasteiger partial charge in [0.25, 0.3) is 0 Å². The van der Waals surface area contributed by atoms with E-state index in [9.17, 15) is 9.59 Å². The third-order valence-electron chi connectivity index (χ3n) is 5.98. The second-order valence-electron chi connectivity index (χ2n) is 8.02. The minimum absolute atomic E-state index is 0.0132. The fourth-order valence-electron chi connectivity index (χ4n) is 3.99. The zero-order valence-electron chi connectivity index (χ0n) is 16.1. The Bertz CT molecular complexity index is 1020. The van der Waals surface area contributed by atoms with Gasteiger partial charge in [-0.15, -0.1) is 11.3 Å². The molecule has 7 heteroatoms. The summed E-state index contributed by atoms with van der Waals surface area (Å²) in [6.45, 7) is 1.37. The summed E-state index contributed by atoms with van der Waals surface area (Å²) in [5, 5.41) is 6.04. The predicted octanol–water partition coefficient (Wildman–Crippen LogP) is 3.23. The number of nitrogens with one attached hydrogen (secondary N) is 1. The molecule has 1 spiro atoms. The van der Waals surface area contributed by atoms with Gasteiger partial charge in [-0.05, 0) is 49.0 Å². The summed E-state index contributed by atoms with van der Waals surface area (Å²) in [5.41, 5.74) is 3.09. The predicted molar refractivity (Wildman–Crippen MR) is 112 cm³/mol. The highest BCUT2D eigenvalue weighted by molar-refractivity contribution is 7.09. The van der Waals surface area contributed by atoms with Crippen LogP contribution in [0.3, 0.4) is 0 Å². The van der Waals surface area contributed by atoms with Crippen molar-refractivity contribution in [1.29, 1.82) is 0 Å². The van der Waals surface area contributed by atoms with E-state index in [1.54, 1.807) is 23.6 Å². The fraction of sp³-hybridized carbons (Fsp3) is 0.364. The molecule has 0 saturated heterocycles. The highest BCUT2D eigenvalue weighted by Crippen LogP contribution is 2.52. The van der Waals surface area contributed by atoms with Crippen molar-refractivity contribution < 1.29 is 9.59 Å². The average molecular weight is 407 g/mol. The molecule has 2 aromatic rings. The topological polar surface area (TPSA) is 75.2 Å². The minimum atomic E-state index is -0.205. The Morgan fingerprint density at radius 2 is 2.24 bits per heavy atom. The molecule has 0 bridgehead atoms. The molecule has 1 N–H and O–H groups in total. The van der Waals surface area contributed by atoms with Gasteiger partial charge in [-0.25, -0.2) is 9.97 Å². The number of anilines is 1. The van der Waals surface area contributed by atoms with Gasteiger partial charge in [-0.1, -0.05) is 11.6 Å². The van der Waals surface area contributed by atoms with Crippen LogP contribution in [0.4, 0.5) is 5.82 Å². The second-order valence-corrected chi connectivity index (χ2v) is 9.00. The van der Waals surface area contributed by atoms with Crippen molar-refractivity contribution in [2.24, 2.45) is 5.41 Å². The first kappa shape index (κ1) is 18.2. The van der Waals surface area contributed by atoms with Crippen LogP contribution < -0.4 is 5.32 Å². The normalized spacial score (nSPS) is 19.8. The van der Waals surface area contributed by atoms with Gasteiger partial charge in [-0.2, -0.15) is 0 Å². The van der Waals surface area contributed by atoms with Crippen molar-refractivity contribution in [3.63, 3.8) is 0 Å². The van der Waals surface area contributed by atoms with Crippen molar-refractivity contribution >= 4 is 35.0 Å². The quantitative estimate of drug-likeness (QED) is 0.625. The molecular formula is C22H22N4O2S. The number of fused-ring (bicyclic) bond motifs is 1. The lowest BCUT2D eigenvalue weighted by atomic mass is 9.92. The molecule has 2 aliphatic heterocycles. The Morgan fingerprint density at radius 1 is 1.34 bits per heavy atom. The second kappa shape index (κ2) is 7.22. The molecule has 148 valence electrons. The standard InChI is InChI=1S/C22H22N4O2S/c27-19(26-8-3-15(4-9-26)12-18-23-7-10-29-18)2-1-16-11-17-13-22(5-6-22)21(28)25-20(17)24-14-16/h1-3,7,10-11,14H,4-6,8-9,12-13H2,(H,24,25,28). The molecule has 1 aliphatic carbocycles. The molecule has 6 nitrogen and oxygen atoms in total. The van der Waals surface area contributed by atoms with Gasteiger partial charge >= 0.3 is 0 Å². The van der Waals surface area contributed by atoms with Crippen LogP contribution in [0.25, 0.3) is 6.08 Å². The smallest absolute Gasteiger partial charge is 0.246 e. The van der Waals surface area contributed by atoms with Crippen LogP contribution in [0.15, 0.2) is 41.6 Å². The average Bonchev–Trinajstić information content (AvgIpc) is 3.32. The largest absolute Gasteiger partial charge is 0.335 e. The minimum Gasteiger partial charge on any atom is -0.335 e. The van der Waals surface area contributed by atoms with E-state index in [-0.39, 0.29) is 17.2 Å². The van der Waals surface area contributed by atoms with E-state index in [1.807, 2.05) is 28.6 Å². The maximum Gasteiger partial charge on any atom is 0.246 e. The molecule has 0 radical (unpaired) electrons. The number of hydrogen-bond donors (Lipinski definition) is 1. The van der Waals surface area contributed by atoms with E-state index in [2.05, 4.69) is 21.4 Å². The molecule has 4 heterocycles. The lowest BCUT2D eigenvalue weighted by Gasteiger charge is -2.25. The summed E-state index contributed by atoms with van der Waals surface area (Å²) in [6, 6.07) is 2.04. The molecule has 5 rings (SSSR count). The van der Waals surface area contributed by atoms with E-state index in [0.29, 0.717) is 12.4 Å². The SMILES string of the molecule is O=C(C=Cc1cnc2c(c1)CC1(CC1)C(=O)N2)N1CC=C(Cc2nccs2)CC1. The monoisotopic (exact) mass is 406 g/mol. The van der Waals surface area contributed by atoms with Crippen molar-refractivity contribution in [2.45, 2.75) is 32.1 Å². The zero-order valence-corrected chi connectivity index (χ0v) is 16.9. The first-order chi connectivity index (χ1) is 14.1. The van der Waals surface area contributed by atoms with Crippen LogP contribution in [0.5, 0.6) is 0 Å². The molecule has 2 amide bonds. The summed E-state index contributed by atoms with van der Waals surface area (Å²) in [6.07, 6.45) is 13.5. The van der Waals surface area contributed by atoms with Crippen molar-refractivity contribution in [1.82, 2.24) is 14.9 Å². The van der Waals surface area contributed by atoms with Crippen LogP contribution >= 0.6 is 11.3 Å². The highest BCUT2D eigenvalue weighted by atomic mass is 32.1.